The van der Waals surface area contributed by atoms with Gasteiger partial charge in [0.15, 0.2) is 11.5 Å². The molecule has 154 valence electrons. The van der Waals surface area contributed by atoms with Crippen LogP contribution in [0.3, 0.4) is 0 Å². The van der Waals surface area contributed by atoms with Gasteiger partial charge < -0.3 is 19.5 Å². The van der Waals surface area contributed by atoms with E-state index in [0.29, 0.717) is 28.5 Å². The molecule has 9 heteroatoms. The highest BCUT2D eigenvalue weighted by Crippen LogP contribution is 2.33. The van der Waals surface area contributed by atoms with Crippen LogP contribution in [-0.4, -0.2) is 39.4 Å². The molecule has 0 fully saturated rings. The lowest BCUT2D eigenvalue weighted by Crippen LogP contribution is -2.34. The van der Waals surface area contributed by atoms with Crippen LogP contribution in [0.1, 0.15) is 12.5 Å². The monoisotopic (exact) mass is 511 g/mol. The third kappa shape index (κ3) is 6.08. The van der Waals surface area contributed by atoms with Crippen molar-refractivity contribution in [1.82, 2.24) is 5.43 Å². The molecule has 0 bridgehead atoms. The Kier molecular flexibility index (Phi) is 8.25. The number of hydrogen-bond acceptors (Lipinski definition) is 6. The Morgan fingerprint density at radius 3 is 2.31 bits per heavy atom. The SMILES string of the molecule is COc1ccc(NC(=O)C(C)C(=O)NN=Cc2cc(I)c(OC)c(OC)c2)cc1. The molecule has 0 spiro atoms. The van der Waals surface area contributed by atoms with Gasteiger partial charge in [0, 0.05) is 5.69 Å². The highest BCUT2D eigenvalue weighted by molar-refractivity contribution is 14.1. The molecule has 0 heterocycles. The summed E-state index contributed by atoms with van der Waals surface area (Å²) in [6.07, 6.45) is 1.47. The maximum Gasteiger partial charge on any atom is 0.252 e. The largest absolute Gasteiger partial charge is 0.497 e. The predicted octanol–water partition coefficient (Wildman–Crippen LogP) is 3.04. The van der Waals surface area contributed by atoms with Gasteiger partial charge in [0.05, 0.1) is 31.1 Å². The summed E-state index contributed by atoms with van der Waals surface area (Å²) in [4.78, 5) is 24.5. The first kappa shape index (κ1) is 22.5. The highest BCUT2D eigenvalue weighted by atomic mass is 127. The molecule has 2 N–H and O–H groups in total. The second-order valence-electron chi connectivity index (χ2n) is 5.91. The second kappa shape index (κ2) is 10.6. The van der Waals surface area contributed by atoms with E-state index < -0.39 is 17.7 Å². The number of hydrazone groups is 1. The summed E-state index contributed by atoms with van der Waals surface area (Å²) in [5, 5.41) is 6.60. The van der Waals surface area contributed by atoms with Gasteiger partial charge in [0.2, 0.25) is 5.91 Å². The first-order valence-corrected chi connectivity index (χ1v) is 9.66. The first-order chi connectivity index (χ1) is 13.9. The maximum atomic E-state index is 12.3. The maximum absolute atomic E-state index is 12.3. The zero-order valence-electron chi connectivity index (χ0n) is 16.5. The summed E-state index contributed by atoms with van der Waals surface area (Å²) in [5.41, 5.74) is 3.66. The molecule has 0 saturated carbocycles. The van der Waals surface area contributed by atoms with E-state index in [1.54, 1.807) is 51.7 Å². The summed E-state index contributed by atoms with van der Waals surface area (Å²) in [6.45, 7) is 1.50. The number of anilines is 1. The van der Waals surface area contributed by atoms with Gasteiger partial charge in [-0.25, -0.2) is 5.43 Å². The molecular formula is C20H22IN3O5. The van der Waals surface area contributed by atoms with Gasteiger partial charge in [0.25, 0.3) is 5.91 Å². The second-order valence-corrected chi connectivity index (χ2v) is 7.07. The van der Waals surface area contributed by atoms with E-state index in [4.69, 9.17) is 14.2 Å². The number of nitrogens with zero attached hydrogens (tertiary/aromatic N) is 1. The number of nitrogens with one attached hydrogen (secondary N) is 2. The van der Waals surface area contributed by atoms with Crippen LogP contribution in [-0.2, 0) is 9.59 Å². The van der Waals surface area contributed by atoms with Crippen molar-refractivity contribution in [3.05, 3.63) is 45.5 Å². The number of carbonyl (C=O) groups excluding carboxylic acids is 2. The molecule has 0 saturated heterocycles. The quantitative estimate of drug-likeness (QED) is 0.246. The van der Waals surface area contributed by atoms with E-state index >= 15 is 0 Å². The molecule has 2 rings (SSSR count). The van der Waals surface area contributed by atoms with Gasteiger partial charge in [-0.05, 0) is 71.5 Å². The van der Waals surface area contributed by atoms with Crippen LogP contribution in [0.5, 0.6) is 17.2 Å². The van der Waals surface area contributed by atoms with Crippen LogP contribution in [0.4, 0.5) is 5.69 Å². The van der Waals surface area contributed by atoms with Crippen molar-refractivity contribution in [2.75, 3.05) is 26.6 Å². The van der Waals surface area contributed by atoms with Crippen molar-refractivity contribution < 1.29 is 23.8 Å². The molecule has 0 radical (unpaired) electrons. The zero-order chi connectivity index (χ0) is 21.4. The average molecular weight is 511 g/mol. The Morgan fingerprint density at radius 2 is 1.72 bits per heavy atom. The van der Waals surface area contributed by atoms with Crippen LogP contribution >= 0.6 is 22.6 Å². The van der Waals surface area contributed by atoms with Crippen molar-refractivity contribution in [2.45, 2.75) is 6.92 Å². The molecule has 1 atom stereocenters. The van der Waals surface area contributed by atoms with E-state index in [-0.39, 0.29) is 0 Å². The smallest absolute Gasteiger partial charge is 0.252 e. The molecule has 0 aliphatic heterocycles. The first-order valence-electron chi connectivity index (χ1n) is 8.59. The van der Waals surface area contributed by atoms with Gasteiger partial charge in [-0.15, -0.1) is 0 Å². The highest BCUT2D eigenvalue weighted by Gasteiger charge is 2.21. The molecule has 29 heavy (non-hydrogen) atoms. The molecular weight excluding hydrogens is 489 g/mol. The fraction of sp³-hybridized carbons (Fsp3) is 0.250. The van der Waals surface area contributed by atoms with E-state index in [9.17, 15) is 9.59 Å². The van der Waals surface area contributed by atoms with Gasteiger partial charge in [-0.1, -0.05) is 0 Å². The number of hydrogen-bond donors (Lipinski definition) is 2. The Balaban J connectivity index is 1.96. The lowest BCUT2D eigenvalue weighted by molar-refractivity contribution is -0.131. The minimum atomic E-state index is -0.931. The Labute approximate surface area is 182 Å². The summed E-state index contributed by atoms with van der Waals surface area (Å²) in [5.74, 6) is -0.0452. The summed E-state index contributed by atoms with van der Waals surface area (Å²) >= 11 is 2.12. The summed E-state index contributed by atoms with van der Waals surface area (Å²) in [6, 6.07) is 10.4. The van der Waals surface area contributed by atoms with Crippen molar-refractivity contribution >= 4 is 46.3 Å². The molecule has 1 unspecified atom stereocenters. The van der Waals surface area contributed by atoms with Crippen LogP contribution in [0, 0.1) is 9.49 Å². The number of benzene rings is 2. The van der Waals surface area contributed by atoms with E-state index in [2.05, 4.69) is 38.4 Å². The normalized spacial score (nSPS) is 11.6. The number of ether oxygens (including phenoxy) is 3. The molecule has 8 nitrogen and oxygen atoms in total. The average Bonchev–Trinajstić information content (AvgIpc) is 2.73. The minimum Gasteiger partial charge on any atom is -0.497 e. The van der Waals surface area contributed by atoms with E-state index in [1.807, 2.05) is 6.07 Å². The van der Waals surface area contributed by atoms with Crippen molar-refractivity contribution in [1.29, 1.82) is 0 Å². The zero-order valence-corrected chi connectivity index (χ0v) is 18.6. The number of amides is 2. The van der Waals surface area contributed by atoms with Gasteiger partial charge in [-0.3, -0.25) is 9.59 Å². The number of halogens is 1. The standard InChI is InChI=1S/C20H22IN3O5/c1-12(19(25)23-14-5-7-15(27-2)8-6-14)20(26)24-22-11-13-9-16(21)18(29-4)17(10-13)28-3/h5-12H,1-4H3,(H,23,25)(H,24,26). The Hall–Kier alpha value is -2.82. The summed E-state index contributed by atoms with van der Waals surface area (Å²) in [7, 11) is 4.66. The lowest BCUT2D eigenvalue weighted by Gasteiger charge is -2.11. The molecule has 2 aromatic carbocycles. The van der Waals surface area contributed by atoms with Crippen LogP contribution in [0.2, 0.25) is 0 Å². The topological polar surface area (TPSA) is 98.2 Å². The number of rotatable bonds is 8. The van der Waals surface area contributed by atoms with Crippen molar-refractivity contribution in [2.24, 2.45) is 11.0 Å². The molecule has 2 amide bonds. The van der Waals surface area contributed by atoms with E-state index in [1.165, 1.54) is 13.1 Å². The molecule has 0 aliphatic rings. The number of carbonyl (C=O) groups is 2. The van der Waals surface area contributed by atoms with Gasteiger partial charge in [-0.2, -0.15) is 5.10 Å². The predicted molar refractivity (Wildman–Crippen MR) is 119 cm³/mol. The van der Waals surface area contributed by atoms with Crippen LogP contribution in [0.25, 0.3) is 0 Å². The van der Waals surface area contributed by atoms with Gasteiger partial charge >= 0.3 is 0 Å². The van der Waals surface area contributed by atoms with Crippen molar-refractivity contribution in [3.8, 4) is 17.2 Å². The van der Waals surface area contributed by atoms with Gasteiger partial charge in [0.1, 0.15) is 11.7 Å². The molecule has 2 aromatic rings. The number of methoxy groups -OCH3 is 3. The van der Waals surface area contributed by atoms with E-state index in [0.717, 1.165) is 3.57 Å². The molecule has 0 aromatic heterocycles. The molecule has 0 aliphatic carbocycles. The fourth-order valence-electron chi connectivity index (χ4n) is 2.32. The third-order valence-corrected chi connectivity index (χ3v) is 4.79. The lowest BCUT2D eigenvalue weighted by atomic mass is 10.1. The van der Waals surface area contributed by atoms with Crippen molar-refractivity contribution in [3.63, 3.8) is 0 Å². The Morgan fingerprint density at radius 1 is 1.03 bits per heavy atom. The Bertz CT molecular complexity index is 900. The third-order valence-electron chi connectivity index (χ3n) is 3.99. The fourth-order valence-corrected chi connectivity index (χ4v) is 3.17. The minimum absolute atomic E-state index is 0.441. The van der Waals surface area contributed by atoms with Crippen LogP contribution in [0.15, 0.2) is 41.5 Å². The van der Waals surface area contributed by atoms with Crippen LogP contribution < -0.4 is 25.0 Å². The summed E-state index contributed by atoms with van der Waals surface area (Å²) < 4.78 is 16.5.